The lowest BCUT2D eigenvalue weighted by molar-refractivity contribution is 0.0753. The first-order valence-electron chi connectivity index (χ1n) is 13.0. The monoisotopic (exact) mass is 477 g/mol. The zero-order chi connectivity index (χ0) is 24.5. The van der Waals surface area contributed by atoms with E-state index in [1.165, 1.54) is 63.0 Å². The van der Waals surface area contributed by atoms with Crippen LogP contribution in [0, 0.1) is 6.92 Å². The van der Waals surface area contributed by atoms with Crippen LogP contribution in [0.2, 0.25) is 0 Å². The first-order valence-corrected chi connectivity index (χ1v) is 13.0. The third-order valence-corrected chi connectivity index (χ3v) is 8.03. The second-order valence-electron chi connectivity index (χ2n) is 10.4. The van der Waals surface area contributed by atoms with Crippen LogP contribution in [0.1, 0.15) is 56.6 Å². The van der Waals surface area contributed by atoms with E-state index in [0.717, 1.165) is 17.3 Å². The summed E-state index contributed by atoms with van der Waals surface area (Å²) in [6, 6.07) is 9.57. The number of aromatic nitrogens is 3. The summed E-state index contributed by atoms with van der Waals surface area (Å²) in [7, 11) is 3.29. The van der Waals surface area contributed by atoms with Crippen molar-refractivity contribution >= 4 is 5.65 Å². The molecule has 35 heavy (non-hydrogen) atoms. The summed E-state index contributed by atoms with van der Waals surface area (Å²) in [6.45, 7) is 11.7. The zero-order valence-electron chi connectivity index (χ0n) is 21.8. The summed E-state index contributed by atoms with van der Waals surface area (Å²) in [6.07, 6.45) is 7.25. The second-order valence-corrected chi connectivity index (χ2v) is 10.4. The number of piperidine rings is 2. The summed E-state index contributed by atoms with van der Waals surface area (Å²) in [5.41, 5.74) is 4.38. The number of benzene rings is 1. The lowest BCUT2D eigenvalue weighted by atomic mass is 9.88. The van der Waals surface area contributed by atoms with Crippen LogP contribution in [0.3, 0.4) is 0 Å². The van der Waals surface area contributed by atoms with Gasteiger partial charge in [0.05, 0.1) is 14.2 Å². The summed E-state index contributed by atoms with van der Waals surface area (Å²) in [5.74, 6) is 2.67. The molecular formula is C28H39N5O2. The third kappa shape index (κ3) is 4.89. The Bertz CT molecular complexity index is 1160. The number of aryl methyl sites for hydroxylation is 1. The molecule has 5 rings (SSSR count). The molecule has 0 N–H and O–H groups in total. The Morgan fingerprint density at radius 3 is 2.29 bits per heavy atom. The molecular weight excluding hydrogens is 438 g/mol. The number of rotatable bonds is 6. The molecule has 1 aromatic carbocycles. The predicted octanol–water partition coefficient (Wildman–Crippen LogP) is 4.77. The zero-order valence-corrected chi connectivity index (χ0v) is 21.8. The molecule has 2 aromatic heterocycles. The summed E-state index contributed by atoms with van der Waals surface area (Å²) in [5, 5.41) is 4.83. The molecule has 0 atom stereocenters. The van der Waals surface area contributed by atoms with Gasteiger partial charge in [-0.25, -0.2) is 9.50 Å². The van der Waals surface area contributed by atoms with Gasteiger partial charge >= 0.3 is 0 Å². The molecule has 2 aliphatic heterocycles. The van der Waals surface area contributed by atoms with Gasteiger partial charge in [-0.15, -0.1) is 5.10 Å². The molecule has 4 heterocycles. The number of likely N-dealkylation sites (tertiary alicyclic amines) is 2. The number of ether oxygens (including phenoxy) is 2. The molecule has 0 saturated carbocycles. The fourth-order valence-electron chi connectivity index (χ4n) is 5.86. The molecule has 0 amide bonds. The van der Waals surface area contributed by atoms with Crippen molar-refractivity contribution in [2.45, 2.75) is 64.5 Å². The second kappa shape index (κ2) is 10.2. The largest absolute Gasteiger partial charge is 0.493 e. The number of pyridine rings is 1. The smallest absolute Gasteiger partial charge is 0.182 e. The van der Waals surface area contributed by atoms with Crippen LogP contribution in [-0.2, 0) is 0 Å². The highest BCUT2D eigenvalue weighted by Crippen LogP contribution is 2.34. The first-order chi connectivity index (χ1) is 17.0. The summed E-state index contributed by atoms with van der Waals surface area (Å²) >= 11 is 0. The van der Waals surface area contributed by atoms with Gasteiger partial charge in [0.15, 0.2) is 23.0 Å². The van der Waals surface area contributed by atoms with Crippen molar-refractivity contribution in [3.05, 3.63) is 41.6 Å². The van der Waals surface area contributed by atoms with Crippen molar-refractivity contribution in [2.24, 2.45) is 0 Å². The van der Waals surface area contributed by atoms with E-state index >= 15 is 0 Å². The topological polar surface area (TPSA) is 55.1 Å². The Hall–Kier alpha value is -2.64. The van der Waals surface area contributed by atoms with Gasteiger partial charge in [-0.1, -0.05) is 6.07 Å². The van der Waals surface area contributed by atoms with Crippen molar-refractivity contribution in [1.29, 1.82) is 0 Å². The van der Waals surface area contributed by atoms with Crippen LogP contribution in [0.5, 0.6) is 11.5 Å². The van der Waals surface area contributed by atoms with Crippen molar-refractivity contribution < 1.29 is 9.47 Å². The van der Waals surface area contributed by atoms with Crippen molar-refractivity contribution in [3.63, 3.8) is 0 Å². The SMILES string of the molecule is COc1ccc(-c2nc3c(C)cc(C4CCN(C5CCN(C(C)C)CC5)CC4)cn3n2)cc1OC. The third-order valence-electron chi connectivity index (χ3n) is 8.03. The van der Waals surface area contributed by atoms with E-state index < -0.39 is 0 Å². The Morgan fingerprint density at radius 2 is 1.63 bits per heavy atom. The number of fused-ring (bicyclic) bond motifs is 1. The lowest BCUT2D eigenvalue weighted by Gasteiger charge is -2.42. The van der Waals surface area contributed by atoms with Gasteiger partial charge in [0.2, 0.25) is 0 Å². The normalized spacial score (nSPS) is 19.0. The highest BCUT2D eigenvalue weighted by molar-refractivity contribution is 5.64. The predicted molar refractivity (Wildman–Crippen MR) is 140 cm³/mol. The Balaban J connectivity index is 1.29. The molecule has 2 fully saturated rings. The molecule has 188 valence electrons. The highest BCUT2D eigenvalue weighted by Gasteiger charge is 2.29. The maximum atomic E-state index is 5.47. The van der Waals surface area contributed by atoms with Gasteiger partial charge in [0.25, 0.3) is 0 Å². The molecule has 0 aliphatic carbocycles. The summed E-state index contributed by atoms with van der Waals surface area (Å²) < 4.78 is 12.8. The number of nitrogens with zero attached hydrogens (tertiary/aromatic N) is 5. The minimum absolute atomic E-state index is 0.582. The van der Waals surface area contributed by atoms with Gasteiger partial charge in [-0.2, -0.15) is 0 Å². The minimum Gasteiger partial charge on any atom is -0.493 e. The highest BCUT2D eigenvalue weighted by atomic mass is 16.5. The lowest BCUT2D eigenvalue weighted by Crippen LogP contribution is -2.48. The number of hydrogen-bond acceptors (Lipinski definition) is 6. The molecule has 7 nitrogen and oxygen atoms in total. The molecule has 0 spiro atoms. The molecule has 0 unspecified atom stereocenters. The summed E-state index contributed by atoms with van der Waals surface area (Å²) in [4.78, 5) is 10.2. The molecule has 2 aliphatic rings. The van der Waals surface area contributed by atoms with Gasteiger partial charge in [0.1, 0.15) is 0 Å². The van der Waals surface area contributed by atoms with Crippen molar-refractivity contribution in [3.8, 4) is 22.9 Å². The molecule has 7 heteroatoms. The minimum atomic E-state index is 0.582. The number of hydrogen-bond donors (Lipinski definition) is 0. The van der Waals surface area contributed by atoms with Gasteiger partial charge < -0.3 is 19.3 Å². The standard InChI is InChI=1S/C28H39N5O2/c1-19(2)31-14-10-24(11-15-31)32-12-8-21(9-13-32)23-16-20(3)28-29-27(30-33(28)18-23)22-6-7-25(34-4)26(17-22)35-5/h6-7,16-19,21,24H,8-15H2,1-5H3. The Morgan fingerprint density at radius 1 is 0.914 bits per heavy atom. The van der Waals surface area contributed by atoms with Crippen molar-refractivity contribution in [2.75, 3.05) is 40.4 Å². The van der Waals surface area contributed by atoms with E-state index in [9.17, 15) is 0 Å². The van der Waals surface area contributed by atoms with Crippen LogP contribution in [0.25, 0.3) is 17.0 Å². The molecule has 2 saturated heterocycles. The fraction of sp³-hybridized carbons (Fsp3) is 0.571. The molecule has 3 aromatic rings. The van der Waals surface area contributed by atoms with Crippen LogP contribution in [-0.4, -0.2) is 76.9 Å². The number of methoxy groups -OCH3 is 2. The maximum Gasteiger partial charge on any atom is 0.182 e. The van der Waals surface area contributed by atoms with Gasteiger partial charge in [0, 0.05) is 23.8 Å². The Kier molecular flexibility index (Phi) is 6.98. The van der Waals surface area contributed by atoms with Crippen LogP contribution in [0.4, 0.5) is 0 Å². The quantitative estimate of drug-likeness (QED) is 0.510. The van der Waals surface area contributed by atoms with Crippen LogP contribution in [0.15, 0.2) is 30.5 Å². The van der Waals surface area contributed by atoms with Crippen molar-refractivity contribution in [1.82, 2.24) is 24.4 Å². The Labute approximate surface area is 209 Å². The van der Waals surface area contributed by atoms with E-state index in [1.54, 1.807) is 14.2 Å². The van der Waals surface area contributed by atoms with E-state index in [1.807, 2.05) is 22.7 Å². The van der Waals surface area contributed by atoms with Crippen LogP contribution < -0.4 is 9.47 Å². The maximum absolute atomic E-state index is 5.47. The average molecular weight is 478 g/mol. The molecule has 0 radical (unpaired) electrons. The van der Waals surface area contributed by atoms with E-state index in [4.69, 9.17) is 19.6 Å². The van der Waals surface area contributed by atoms with E-state index in [2.05, 4.69) is 42.8 Å². The van der Waals surface area contributed by atoms with E-state index in [-0.39, 0.29) is 0 Å². The van der Waals surface area contributed by atoms with Gasteiger partial charge in [-0.3, -0.25) is 0 Å². The van der Waals surface area contributed by atoms with Gasteiger partial charge in [-0.05, 0) is 108 Å². The first kappa shape index (κ1) is 24.1. The fourth-order valence-corrected chi connectivity index (χ4v) is 5.86. The average Bonchev–Trinajstić information content (AvgIpc) is 3.33. The van der Waals surface area contributed by atoms with Crippen LogP contribution >= 0.6 is 0 Å². The molecule has 0 bridgehead atoms. The van der Waals surface area contributed by atoms with E-state index in [0.29, 0.717) is 29.3 Å².